The highest BCUT2D eigenvalue weighted by Crippen LogP contribution is 2.33. The Kier molecular flexibility index (Phi) is 3.47. The monoisotopic (exact) mass is 303 g/mol. The van der Waals surface area contributed by atoms with E-state index >= 15 is 0 Å². The van der Waals surface area contributed by atoms with Crippen LogP contribution >= 0.6 is 11.3 Å². The Balaban J connectivity index is 2.14. The molecule has 110 valence electrons. The molecule has 21 heavy (non-hydrogen) atoms. The predicted molar refractivity (Wildman–Crippen MR) is 85.4 cm³/mol. The van der Waals surface area contributed by atoms with Gasteiger partial charge in [-0.15, -0.1) is 11.3 Å². The molecule has 0 aliphatic heterocycles. The fraction of sp³-hybridized carbons (Fsp3) is 0.267. The number of anilines is 1. The predicted octanol–water partition coefficient (Wildman–Crippen LogP) is 3.05. The number of rotatable bonds is 4. The van der Waals surface area contributed by atoms with Gasteiger partial charge >= 0.3 is 0 Å². The van der Waals surface area contributed by atoms with Gasteiger partial charge in [-0.3, -0.25) is 0 Å². The number of hydrogen-bond acceptors (Lipinski definition) is 5. The number of thiophene rings is 1. The molecule has 2 N–H and O–H groups in total. The maximum Gasteiger partial charge on any atom is 0.201 e. The lowest BCUT2D eigenvalue weighted by atomic mass is 10.2. The molecule has 0 aliphatic rings. The van der Waals surface area contributed by atoms with Crippen LogP contribution in [0.15, 0.2) is 23.6 Å². The van der Waals surface area contributed by atoms with E-state index in [4.69, 9.17) is 15.2 Å². The number of aromatic nitrogens is 2. The van der Waals surface area contributed by atoms with Gasteiger partial charge in [-0.05, 0) is 23.9 Å². The summed E-state index contributed by atoms with van der Waals surface area (Å²) in [5.74, 6) is 1.82. The molecule has 0 bridgehead atoms. The average molecular weight is 303 g/mol. The van der Waals surface area contributed by atoms with Gasteiger partial charge in [0.25, 0.3) is 0 Å². The smallest absolute Gasteiger partial charge is 0.201 e. The number of nitrogens with two attached hydrogens (primary N) is 1. The van der Waals surface area contributed by atoms with Crippen LogP contribution in [0, 0.1) is 6.92 Å². The van der Waals surface area contributed by atoms with Crippen molar-refractivity contribution >= 4 is 28.3 Å². The van der Waals surface area contributed by atoms with Gasteiger partial charge in [0.2, 0.25) is 5.95 Å². The summed E-state index contributed by atoms with van der Waals surface area (Å²) in [6.45, 7) is 2.81. The standard InChI is InChI=1S/C15H17N3O2S/c1-9-4-5-21-14(9)8-18-11-7-13(20-3)12(19-2)6-10(11)17-15(18)16/h4-7H,8H2,1-3H3,(H2,16,17). The maximum absolute atomic E-state index is 6.08. The quantitative estimate of drug-likeness (QED) is 0.804. The topological polar surface area (TPSA) is 62.3 Å². The van der Waals surface area contributed by atoms with Crippen LogP contribution < -0.4 is 15.2 Å². The minimum atomic E-state index is 0.494. The molecule has 3 rings (SSSR count). The minimum Gasteiger partial charge on any atom is -0.493 e. The van der Waals surface area contributed by atoms with Crippen LogP contribution in [-0.4, -0.2) is 23.8 Å². The number of ether oxygens (including phenoxy) is 2. The summed E-state index contributed by atoms with van der Waals surface area (Å²) in [6.07, 6.45) is 0. The second-order valence-electron chi connectivity index (χ2n) is 4.78. The fourth-order valence-electron chi connectivity index (χ4n) is 2.35. The number of aryl methyl sites for hydroxylation is 1. The van der Waals surface area contributed by atoms with Crippen molar-refractivity contribution in [3.63, 3.8) is 0 Å². The molecule has 2 aromatic heterocycles. The van der Waals surface area contributed by atoms with Crippen molar-refractivity contribution in [3.8, 4) is 11.5 Å². The van der Waals surface area contributed by atoms with Gasteiger partial charge in [-0.2, -0.15) is 0 Å². The van der Waals surface area contributed by atoms with Gasteiger partial charge in [-0.1, -0.05) is 0 Å². The molecule has 0 amide bonds. The van der Waals surface area contributed by atoms with Crippen LogP contribution in [0.2, 0.25) is 0 Å². The highest BCUT2D eigenvalue weighted by atomic mass is 32.1. The third-order valence-electron chi connectivity index (χ3n) is 3.55. The molecule has 6 heteroatoms. The summed E-state index contributed by atoms with van der Waals surface area (Å²) in [5.41, 5.74) is 9.09. The lowest BCUT2D eigenvalue weighted by molar-refractivity contribution is 0.355. The van der Waals surface area contributed by atoms with Crippen molar-refractivity contribution in [2.24, 2.45) is 0 Å². The molecule has 5 nitrogen and oxygen atoms in total. The Morgan fingerprint density at radius 3 is 2.57 bits per heavy atom. The summed E-state index contributed by atoms with van der Waals surface area (Å²) in [7, 11) is 3.23. The van der Waals surface area contributed by atoms with Gasteiger partial charge < -0.3 is 19.8 Å². The van der Waals surface area contributed by atoms with Crippen LogP contribution in [-0.2, 0) is 6.54 Å². The van der Waals surface area contributed by atoms with E-state index in [0.29, 0.717) is 24.0 Å². The SMILES string of the molecule is COc1cc2nc(N)n(Cc3sccc3C)c2cc1OC. The van der Waals surface area contributed by atoms with Crippen molar-refractivity contribution in [1.82, 2.24) is 9.55 Å². The van der Waals surface area contributed by atoms with E-state index in [0.717, 1.165) is 11.0 Å². The van der Waals surface area contributed by atoms with Crippen molar-refractivity contribution < 1.29 is 9.47 Å². The number of fused-ring (bicyclic) bond motifs is 1. The summed E-state index contributed by atoms with van der Waals surface area (Å²) in [6, 6.07) is 5.88. The normalized spacial score (nSPS) is 11.0. The second-order valence-corrected chi connectivity index (χ2v) is 5.78. The first-order valence-electron chi connectivity index (χ1n) is 6.54. The van der Waals surface area contributed by atoms with Crippen molar-refractivity contribution in [3.05, 3.63) is 34.0 Å². The maximum atomic E-state index is 6.08. The lowest BCUT2D eigenvalue weighted by Gasteiger charge is -2.09. The summed E-state index contributed by atoms with van der Waals surface area (Å²) >= 11 is 1.72. The van der Waals surface area contributed by atoms with E-state index in [1.54, 1.807) is 25.6 Å². The van der Waals surface area contributed by atoms with Crippen molar-refractivity contribution in [1.29, 1.82) is 0 Å². The number of nitrogen functional groups attached to an aromatic ring is 1. The highest BCUT2D eigenvalue weighted by molar-refractivity contribution is 7.10. The molecule has 0 radical (unpaired) electrons. The van der Waals surface area contributed by atoms with Crippen LogP contribution in [0.5, 0.6) is 11.5 Å². The van der Waals surface area contributed by atoms with E-state index < -0.39 is 0 Å². The molecule has 1 aromatic carbocycles. The van der Waals surface area contributed by atoms with Gasteiger partial charge in [0.15, 0.2) is 11.5 Å². The molecular formula is C15H17N3O2S. The Bertz CT molecular complexity index is 792. The van der Waals surface area contributed by atoms with Crippen molar-refractivity contribution in [2.45, 2.75) is 13.5 Å². The number of benzene rings is 1. The van der Waals surface area contributed by atoms with Crippen LogP contribution in [0.4, 0.5) is 5.95 Å². The first-order valence-corrected chi connectivity index (χ1v) is 7.42. The summed E-state index contributed by atoms with van der Waals surface area (Å²) in [5, 5.41) is 2.09. The number of hydrogen-bond donors (Lipinski definition) is 1. The first-order chi connectivity index (χ1) is 10.1. The van der Waals surface area contributed by atoms with Crippen LogP contribution in [0.25, 0.3) is 11.0 Å². The first kappa shape index (κ1) is 13.8. The van der Waals surface area contributed by atoms with Gasteiger partial charge in [0, 0.05) is 17.0 Å². The average Bonchev–Trinajstić information content (AvgIpc) is 3.02. The molecule has 0 saturated heterocycles. The molecule has 0 atom stereocenters. The number of methoxy groups -OCH3 is 2. The largest absolute Gasteiger partial charge is 0.493 e. The van der Waals surface area contributed by atoms with E-state index in [1.807, 2.05) is 16.7 Å². The summed E-state index contributed by atoms with van der Waals surface area (Å²) in [4.78, 5) is 5.69. The van der Waals surface area contributed by atoms with Gasteiger partial charge in [0.1, 0.15) is 0 Å². The molecular weight excluding hydrogens is 286 g/mol. The number of nitrogens with zero attached hydrogens (tertiary/aromatic N) is 2. The zero-order chi connectivity index (χ0) is 15.0. The van der Waals surface area contributed by atoms with E-state index in [9.17, 15) is 0 Å². The highest BCUT2D eigenvalue weighted by Gasteiger charge is 2.14. The lowest BCUT2D eigenvalue weighted by Crippen LogP contribution is -2.04. The zero-order valence-electron chi connectivity index (χ0n) is 12.2. The molecule has 0 aliphatic carbocycles. The van der Waals surface area contributed by atoms with Crippen LogP contribution in [0.1, 0.15) is 10.4 Å². The van der Waals surface area contributed by atoms with E-state index in [2.05, 4.69) is 23.4 Å². The Morgan fingerprint density at radius 2 is 1.95 bits per heavy atom. The second kappa shape index (κ2) is 5.29. The summed E-state index contributed by atoms with van der Waals surface area (Å²) < 4.78 is 12.7. The minimum absolute atomic E-state index is 0.494. The van der Waals surface area contributed by atoms with Gasteiger partial charge in [0.05, 0.1) is 31.8 Å². The third-order valence-corrected chi connectivity index (χ3v) is 4.56. The molecule has 0 unspecified atom stereocenters. The Morgan fingerprint density at radius 1 is 1.24 bits per heavy atom. The molecule has 0 saturated carbocycles. The molecule has 2 heterocycles. The molecule has 0 fully saturated rings. The third kappa shape index (κ3) is 2.31. The van der Waals surface area contributed by atoms with Crippen LogP contribution in [0.3, 0.4) is 0 Å². The fourth-order valence-corrected chi connectivity index (χ4v) is 3.24. The zero-order valence-corrected chi connectivity index (χ0v) is 13.0. The molecule has 0 spiro atoms. The Hall–Kier alpha value is -2.21. The van der Waals surface area contributed by atoms with Crippen molar-refractivity contribution in [2.75, 3.05) is 20.0 Å². The Labute approximate surface area is 126 Å². The van der Waals surface area contributed by atoms with E-state index in [-0.39, 0.29) is 0 Å². The molecule has 3 aromatic rings. The van der Waals surface area contributed by atoms with E-state index in [1.165, 1.54) is 10.4 Å². The van der Waals surface area contributed by atoms with Gasteiger partial charge in [-0.25, -0.2) is 4.98 Å². The number of imidazole rings is 1.